The molecule has 2 saturated heterocycles. The standard InChI is InChI=1S/C7H12F2N2/c8-7(9)4-11(5-7)6-1-2-10-3-6/h6,10H,1-5H2/t6-/m1/s1. The van der Waals surface area contributed by atoms with Gasteiger partial charge in [-0.25, -0.2) is 8.78 Å². The Balaban J connectivity index is 1.81. The summed E-state index contributed by atoms with van der Waals surface area (Å²) in [6.07, 6.45) is 1.02. The van der Waals surface area contributed by atoms with Gasteiger partial charge >= 0.3 is 0 Å². The predicted molar refractivity (Wildman–Crippen MR) is 37.8 cm³/mol. The molecule has 0 radical (unpaired) electrons. The molecular weight excluding hydrogens is 150 g/mol. The molecule has 2 rings (SSSR count). The van der Waals surface area contributed by atoms with Gasteiger partial charge in [0.25, 0.3) is 5.92 Å². The molecule has 0 saturated carbocycles. The fourth-order valence-electron chi connectivity index (χ4n) is 1.76. The molecule has 0 unspecified atom stereocenters. The Morgan fingerprint density at radius 2 is 2.09 bits per heavy atom. The Labute approximate surface area is 64.6 Å². The first-order chi connectivity index (χ1) is 5.17. The van der Waals surface area contributed by atoms with Crippen LogP contribution in [0.4, 0.5) is 8.78 Å². The lowest BCUT2D eigenvalue weighted by Gasteiger charge is -2.42. The normalized spacial score (nSPS) is 37.1. The third-order valence-corrected chi connectivity index (χ3v) is 2.42. The van der Waals surface area contributed by atoms with Crippen LogP contribution in [0.1, 0.15) is 6.42 Å². The highest BCUT2D eigenvalue weighted by atomic mass is 19.3. The van der Waals surface area contributed by atoms with Crippen molar-refractivity contribution in [1.82, 2.24) is 10.2 Å². The predicted octanol–water partition coefficient (Wildman–Crippen LogP) is 0.299. The lowest BCUT2D eigenvalue weighted by Crippen LogP contribution is -2.60. The van der Waals surface area contributed by atoms with E-state index in [4.69, 9.17) is 0 Å². The molecule has 2 aliphatic heterocycles. The van der Waals surface area contributed by atoms with Crippen LogP contribution in [0.3, 0.4) is 0 Å². The van der Waals surface area contributed by atoms with Gasteiger partial charge in [0.2, 0.25) is 0 Å². The molecule has 11 heavy (non-hydrogen) atoms. The van der Waals surface area contributed by atoms with E-state index in [1.165, 1.54) is 0 Å². The van der Waals surface area contributed by atoms with Gasteiger partial charge in [0, 0.05) is 12.6 Å². The van der Waals surface area contributed by atoms with Crippen molar-refractivity contribution in [3.05, 3.63) is 0 Å². The second-order valence-electron chi connectivity index (χ2n) is 3.41. The largest absolute Gasteiger partial charge is 0.315 e. The maximum absolute atomic E-state index is 12.4. The van der Waals surface area contributed by atoms with Crippen LogP contribution in [-0.4, -0.2) is 43.0 Å². The second kappa shape index (κ2) is 2.38. The summed E-state index contributed by atoms with van der Waals surface area (Å²) in [6, 6.07) is 0.370. The van der Waals surface area contributed by atoms with Crippen molar-refractivity contribution in [3.63, 3.8) is 0 Å². The number of likely N-dealkylation sites (tertiary alicyclic amines) is 1. The zero-order valence-electron chi connectivity index (χ0n) is 6.32. The summed E-state index contributed by atoms with van der Waals surface area (Å²) < 4.78 is 24.8. The van der Waals surface area contributed by atoms with E-state index in [1.54, 1.807) is 0 Å². The van der Waals surface area contributed by atoms with Gasteiger partial charge in [-0.1, -0.05) is 0 Å². The van der Waals surface area contributed by atoms with Gasteiger partial charge in [0.05, 0.1) is 13.1 Å². The Morgan fingerprint density at radius 3 is 2.55 bits per heavy atom. The Hall–Kier alpha value is -0.220. The molecule has 0 amide bonds. The molecule has 0 bridgehead atoms. The van der Waals surface area contributed by atoms with Gasteiger partial charge in [-0.15, -0.1) is 0 Å². The molecule has 0 aliphatic carbocycles. The van der Waals surface area contributed by atoms with E-state index in [2.05, 4.69) is 5.32 Å². The fraction of sp³-hybridized carbons (Fsp3) is 1.00. The van der Waals surface area contributed by atoms with Crippen LogP contribution >= 0.6 is 0 Å². The van der Waals surface area contributed by atoms with Crippen LogP contribution in [0.2, 0.25) is 0 Å². The van der Waals surface area contributed by atoms with Crippen molar-refractivity contribution >= 4 is 0 Å². The summed E-state index contributed by atoms with van der Waals surface area (Å²) in [6.45, 7) is 1.81. The van der Waals surface area contributed by atoms with E-state index < -0.39 is 5.92 Å². The van der Waals surface area contributed by atoms with Gasteiger partial charge in [0.15, 0.2) is 0 Å². The van der Waals surface area contributed by atoms with Crippen molar-refractivity contribution < 1.29 is 8.78 Å². The molecule has 1 atom stereocenters. The van der Waals surface area contributed by atoms with Crippen molar-refractivity contribution in [1.29, 1.82) is 0 Å². The van der Waals surface area contributed by atoms with Crippen LogP contribution < -0.4 is 5.32 Å². The Kier molecular flexibility index (Phi) is 1.61. The van der Waals surface area contributed by atoms with Crippen LogP contribution in [0.25, 0.3) is 0 Å². The quantitative estimate of drug-likeness (QED) is 0.596. The SMILES string of the molecule is FC1(F)CN([C@@H]2CCNC2)C1. The summed E-state index contributed by atoms with van der Waals surface area (Å²) in [7, 11) is 0. The number of alkyl halides is 2. The third-order valence-electron chi connectivity index (χ3n) is 2.42. The Bertz CT molecular complexity index is 147. The van der Waals surface area contributed by atoms with E-state index in [1.807, 2.05) is 4.90 Å². The topological polar surface area (TPSA) is 15.3 Å². The number of rotatable bonds is 1. The highest BCUT2D eigenvalue weighted by Crippen LogP contribution is 2.29. The molecular formula is C7H12F2N2. The highest BCUT2D eigenvalue weighted by molar-refractivity contribution is 4.93. The van der Waals surface area contributed by atoms with E-state index >= 15 is 0 Å². The van der Waals surface area contributed by atoms with E-state index in [0.717, 1.165) is 19.5 Å². The van der Waals surface area contributed by atoms with Crippen LogP contribution in [-0.2, 0) is 0 Å². The number of hydrogen-bond donors (Lipinski definition) is 1. The molecule has 2 fully saturated rings. The summed E-state index contributed by atoms with van der Waals surface area (Å²) in [5.41, 5.74) is 0. The minimum atomic E-state index is -2.40. The molecule has 2 heterocycles. The van der Waals surface area contributed by atoms with Gasteiger partial charge in [-0.05, 0) is 13.0 Å². The molecule has 64 valence electrons. The fourth-order valence-corrected chi connectivity index (χ4v) is 1.76. The third kappa shape index (κ3) is 1.37. The van der Waals surface area contributed by atoms with Crippen molar-refractivity contribution in [2.75, 3.05) is 26.2 Å². The summed E-state index contributed by atoms with van der Waals surface area (Å²) >= 11 is 0. The Morgan fingerprint density at radius 1 is 1.36 bits per heavy atom. The minimum Gasteiger partial charge on any atom is -0.315 e. The highest BCUT2D eigenvalue weighted by Gasteiger charge is 2.46. The van der Waals surface area contributed by atoms with Gasteiger partial charge < -0.3 is 5.32 Å². The molecule has 0 aromatic carbocycles. The lowest BCUT2D eigenvalue weighted by atomic mass is 10.1. The maximum Gasteiger partial charge on any atom is 0.272 e. The van der Waals surface area contributed by atoms with Gasteiger partial charge in [-0.3, -0.25) is 4.90 Å². The van der Waals surface area contributed by atoms with Crippen LogP contribution in [0, 0.1) is 0 Å². The summed E-state index contributed by atoms with van der Waals surface area (Å²) in [4.78, 5) is 1.86. The summed E-state index contributed by atoms with van der Waals surface area (Å²) in [5, 5.41) is 3.16. The number of nitrogens with one attached hydrogen (secondary N) is 1. The minimum absolute atomic E-state index is 0.0284. The van der Waals surface area contributed by atoms with E-state index in [9.17, 15) is 8.78 Å². The molecule has 2 aliphatic rings. The number of hydrogen-bond acceptors (Lipinski definition) is 2. The van der Waals surface area contributed by atoms with E-state index in [-0.39, 0.29) is 13.1 Å². The molecule has 0 spiro atoms. The zero-order valence-corrected chi connectivity index (χ0v) is 6.32. The maximum atomic E-state index is 12.4. The van der Waals surface area contributed by atoms with Crippen molar-refractivity contribution in [3.8, 4) is 0 Å². The number of halogens is 2. The van der Waals surface area contributed by atoms with Gasteiger partial charge in [-0.2, -0.15) is 0 Å². The molecule has 0 aromatic rings. The average Bonchev–Trinajstić information content (AvgIpc) is 2.32. The first-order valence-corrected chi connectivity index (χ1v) is 4.00. The molecule has 2 nitrogen and oxygen atoms in total. The monoisotopic (exact) mass is 162 g/mol. The average molecular weight is 162 g/mol. The van der Waals surface area contributed by atoms with Gasteiger partial charge in [0.1, 0.15) is 0 Å². The molecule has 4 heteroatoms. The summed E-state index contributed by atoms with van der Waals surface area (Å²) in [5.74, 6) is -2.40. The molecule has 1 N–H and O–H groups in total. The lowest BCUT2D eigenvalue weighted by molar-refractivity contribution is -0.143. The first-order valence-electron chi connectivity index (χ1n) is 4.00. The van der Waals surface area contributed by atoms with Crippen LogP contribution in [0.5, 0.6) is 0 Å². The van der Waals surface area contributed by atoms with Crippen LogP contribution in [0.15, 0.2) is 0 Å². The molecule has 0 aromatic heterocycles. The first kappa shape index (κ1) is 7.43. The van der Waals surface area contributed by atoms with Crippen molar-refractivity contribution in [2.45, 2.75) is 18.4 Å². The number of nitrogens with zero attached hydrogens (tertiary/aromatic N) is 1. The van der Waals surface area contributed by atoms with Crippen molar-refractivity contribution in [2.24, 2.45) is 0 Å². The van der Waals surface area contributed by atoms with E-state index in [0.29, 0.717) is 6.04 Å². The zero-order chi connectivity index (χ0) is 7.90. The second-order valence-corrected chi connectivity index (χ2v) is 3.41. The smallest absolute Gasteiger partial charge is 0.272 e.